The second kappa shape index (κ2) is 7.09. The van der Waals surface area contributed by atoms with Crippen molar-refractivity contribution in [1.29, 1.82) is 0 Å². The molecule has 0 aromatic rings. The topological polar surface area (TPSA) is 84.3 Å². The summed E-state index contributed by atoms with van der Waals surface area (Å²) in [6.45, 7) is 5.25. The summed E-state index contributed by atoms with van der Waals surface area (Å²) < 4.78 is 0. The Kier molecular flexibility index (Phi) is 5.41. The van der Waals surface area contributed by atoms with E-state index in [4.69, 9.17) is 5.11 Å². The van der Waals surface area contributed by atoms with Crippen LogP contribution in [-0.4, -0.2) is 88.3 Å². The highest BCUT2D eigenvalue weighted by Crippen LogP contribution is 2.17. The average Bonchev–Trinajstić information content (AvgIpc) is 2.90. The van der Waals surface area contributed by atoms with Crippen LogP contribution in [0.2, 0.25) is 0 Å². The molecule has 0 aromatic heterocycles. The van der Waals surface area contributed by atoms with E-state index in [9.17, 15) is 14.7 Å². The van der Waals surface area contributed by atoms with Crippen LogP contribution >= 0.6 is 0 Å². The van der Waals surface area contributed by atoms with Gasteiger partial charge in [0.25, 0.3) is 0 Å². The average molecular weight is 299 g/mol. The Labute approximate surface area is 125 Å². The maximum absolute atomic E-state index is 12.2. The van der Waals surface area contributed by atoms with Crippen LogP contribution in [0.3, 0.4) is 0 Å². The fourth-order valence-corrected chi connectivity index (χ4v) is 3.27. The molecule has 2 aliphatic heterocycles. The van der Waals surface area contributed by atoms with Gasteiger partial charge >= 0.3 is 6.09 Å². The number of amides is 2. The Morgan fingerprint density at radius 1 is 1.29 bits per heavy atom. The summed E-state index contributed by atoms with van der Waals surface area (Å²) in [5.41, 5.74) is 0. The third kappa shape index (κ3) is 3.65. The van der Waals surface area contributed by atoms with Gasteiger partial charge in [-0.25, -0.2) is 4.79 Å². The predicted octanol–water partition coefficient (Wildman–Crippen LogP) is 0.0439. The van der Waals surface area contributed by atoms with Crippen molar-refractivity contribution in [2.45, 2.75) is 38.3 Å². The van der Waals surface area contributed by atoms with Crippen molar-refractivity contribution in [1.82, 2.24) is 14.7 Å². The van der Waals surface area contributed by atoms with Crippen molar-refractivity contribution in [3.8, 4) is 0 Å². The molecule has 0 unspecified atom stereocenters. The van der Waals surface area contributed by atoms with Gasteiger partial charge in [-0.3, -0.25) is 14.6 Å². The molecule has 2 amide bonds. The molecule has 2 rings (SSSR count). The molecule has 0 spiro atoms. The number of hydrogen-bond acceptors (Lipinski definition) is 4. The minimum absolute atomic E-state index is 0.108. The van der Waals surface area contributed by atoms with E-state index in [0.29, 0.717) is 19.6 Å². The zero-order valence-electron chi connectivity index (χ0n) is 12.6. The van der Waals surface area contributed by atoms with Crippen LogP contribution < -0.4 is 0 Å². The lowest BCUT2D eigenvalue weighted by Crippen LogP contribution is -2.57. The van der Waals surface area contributed by atoms with Crippen LogP contribution in [0.1, 0.15) is 26.2 Å². The number of hydrogen-bond donors (Lipinski definition) is 2. The maximum Gasteiger partial charge on any atom is 0.408 e. The number of rotatable bonds is 5. The zero-order valence-corrected chi connectivity index (χ0v) is 12.6. The minimum atomic E-state index is -1.03. The molecule has 2 fully saturated rings. The lowest BCUT2D eigenvalue weighted by atomic mass is 10.1. The summed E-state index contributed by atoms with van der Waals surface area (Å²) in [6, 6.07) is -0.322. The van der Waals surface area contributed by atoms with Crippen molar-refractivity contribution in [3.05, 3.63) is 0 Å². The van der Waals surface area contributed by atoms with Gasteiger partial charge in [-0.05, 0) is 32.7 Å². The number of nitrogens with zero attached hydrogens (tertiary/aromatic N) is 3. The Bertz CT molecular complexity index is 390. The predicted molar refractivity (Wildman–Crippen MR) is 77.1 cm³/mol. The van der Waals surface area contributed by atoms with E-state index in [2.05, 4.69) is 4.90 Å². The van der Waals surface area contributed by atoms with E-state index in [1.165, 1.54) is 4.90 Å². The van der Waals surface area contributed by atoms with Gasteiger partial charge in [0, 0.05) is 32.2 Å². The van der Waals surface area contributed by atoms with Gasteiger partial charge in [0.05, 0.1) is 6.61 Å². The molecule has 2 aliphatic rings. The first-order valence-corrected chi connectivity index (χ1v) is 7.68. The van der Waals surface area contributed by atoms with Gasteiger partial charge in [0.1, 0.15) is 6.04 Å². The number of carboxylic acid groups (broad SMARTS) is 1. The van der Waals surface area contributed by atoms with Gasteiger partial charge < -0.3 is 15.1 Å². The summed E-state index contributed by atoms with van der Waals surface area (Å²) in [7, 11) is 0. The Balaban J connectivity index is 1.76. The van der Waals surface area contributed by atoms with Crippen LogP contribution in [0.5, 0.6) is 0 Å². The smallest absolute Gasteiger partial charge is 0.408 e. The molecular formula is C14H25N3O4. The third-order valence-corrected chi connectivity index (χ3v) is 4.58. The van der Waals surface area contributed by atoms with E-state index in [1.54, 1.807) is 11.8 Å². The van der Waals surface area contributed by atoms with Gasteiger partial charge in [-0.1, -0.05) is 0 Å². The van der Waals surface area contributed by atoms with Crippen LogP contribution in [0.25, 0.3) is 0 Å². The zero-order chi connectivity index (χ0) is 15.4. The van der Waals surface area contributed by atoms with E-state index in [-0.39, 0.29) is 18.6 Å². The fourth-order valence-electron chi connectivity index (χ4n) is 3.27. The largest absolute Gasteiger partial charge is 0.465 e. The molecule has 2 atom stereocenters. The first-order valence-electron chi connectivity index (χ1n) is 7.68. The number of aliphatic hydroxyl groups excluding tert-OH is 1. The van der Waals surface area contributed by atoms with Gasteiger partial charge in [0.2, 0.25) is 5.91 Å². The molecule has 0 saturated carbocycles. The van der Waals surface area contributed by atoms with Crippen LogP contribution in [-0.2, 0) is 4.79 Å². The monoisotopic (exact) mass is 299 g/mol. The molecule has 0 aliphatic carbocycles. The molecule has 0 bridgehead atoms. The molecule has 0 radical (unpaired) electrons. The highest BCUT2D eigenvalue weighted by atomic mass is 16.4. The molecule has 21 heavy (non-hydrogen) atoms. The normalized spacial score (nSPS) is 27.4. The summed E-state index contributed by atoms with van der Waals surface area (Å²) >= 11 is 0. The molecule has 7 nitrogen and oxygen atoms in total. The molecule has 120 valence electrons. The van der Waals surface area contributed by atoms with Gasteiger partial charge in [0.15, 0.2) is 0 Å². The standard InChI is InChI=1S/C14H25N3O4/c1-11-13(19)16(8-9-17(11)14(20)21)7-3-6-15-5-2-4-12(15)10-18/h11-12,18H,2-10H2,1H3,(H,20,21)/t11-,12-/m0/s1. The first kappa shape index (κ1) is 16.0. The summed E-state index contributed by atoms with van der Waals surface area (Å²) in [6.07, 6.45) is 2.00. The van der Waals surface area contributed by atoms with E-state index in [1.807, 2.05) is 0 Å². The van der Waals surface area contributed by atoms with Crippen LogP contribution in [0, 0.1) is 0 Å². The summed E-state index contributed by atoms with van der Waals surface area (Å²) in [5, 5.41) is 18.3. The summed E-state index contributed by atoms with van der Waals surface area (Å²) in [5.74, 6) is -0.108. The third-order valence-electron chi connectivity index (χ3n) is 4.58. The quantitative estimate of drug-likeness (QED) is 0.749. The molecule has 7 heteroatoms. The van der Waals surface area contributed by atoms with Crippen molar-refractivity contribution < 1.29 is 19.8 Å². The molecular weight excluding hydrogens is 274 g/mol. The van der Waals surface area contributed by atoms with E-state index in [0.717, 1.165) is 32.4 Å². The minimum Gasteiger partial charge on any atom is -0.465 e. The number of aliphatic hydroxyl groups is 1. The summed E-state index contributed by atoms with van der Waals surface area (Å²) in [4.78, 5) is 28.4. The van der Waals surface area contributed by atoms with Crippen molar-refractivity contribution in [3.63, 3.8) is 0 Å². The number of likely N-dealkylation sites (tertiary alicyclic amines) is 1. The first-order chi connectivity index (χ1) is 10.0. The van der Waals surface area contributed by atoms with E-state index < -0.39 is 12.1 Å². The van der Waals surface area contributed by atoms with Crippen LogP contribution in [0.4, 0.5) is 4.79 Å². The number of carbonyl (C=O) groups is 2. The second-order valence-corrected chi connectivity index (χ2v) is 5.85. The molecule has 2 saturated heterocycles. The highest BCUT2D eigenvalue weighted by Gasteiger charge is 2.34. The molecule has 2 N–H and O–H groups in total. The molecule has 0 aromatic carbocycles. The second-order valence-electron chi connectivity index (χ2n) is 5.85. The lowest BCUT2D eigenvalue weighted by molar-refractivity contribution is -0.139. The Hall–Kier alpha value is -1.34. The number of piperazine rings is 1. The highest BCUT2D eigenvalue weighted by molar-refractivity contribution is 5.86. The van der Waals surface area contributed by atoms with Gasteiger partial charge in [-0.15, -0.1) is 0 Å². The SMILES string of the molecule is C[C@H]1C(=O)N(CCCN2CCC[C@H]2CO)CCN1C(=O)O. The van der Waals surface area contributed by atoms with Crippen molar-refractivity contribution in [2.24, 2.45) is 0 Å². The van der Waals surface area contributed by atoms with Gasteiger partial charge in [-0.2, -0.15) is 0 Å². The van der Waals surface area contributed by atoms with Crippen molar-refractivity contribution >= 4 is 12.0 Å². The fraction of sp³-hybridized carbons (Fsp3) is 0.857. The van der Waals surface area contributed by atoms with Crippen molar-refractivity contribution in [2.75, 3.05) is 39.3 Å². The lowest BCUT2D eigenvalue weighted by Gasteiger charge is -2.37. The maximum atomic E-state index is 12.2. The molecule has 2 heterocycles. The van der Waals surface area contributed by atoms with E-state index >= 15 is 0 Å². The van der Waals surface area contributed by atoms with Crippen LogP contribution in [0.15, 0.2) is 0 Å². The Morgan fingerprint density at radius 3 is 2.71 bits per heavy atom. The number of carbonyl (C=O) groups excluding carboxylic acids is 1. The Morgan fingerprint density at radius 2 is 2.05 bits per heavy atom.